The van der Waals surface area contributed by atoms with Gasteiger partial charge >= 0.3 is 6.03 Å². The van der Waals surface area contributed by atoms with Crippen LogP contribution in [-0.2, 0) is 11.2 Å². The predicted molar refractivity (Wildman–Crippen MR) is 83.1 cm³/mol. The van der Waals surface area contributed by atoms with E-state index >= 15 is 0 Å². The number of nitrogens with two attached hydrogens (primary N) is 1. The fourth-order valence-corrected chi connectivity index (χ4v) is 1.96. The molecule has 0 saturated heterocycles. The molecule has 0 radical (unpaired) electrons. The van der Waals surface area contributed by atoms with Crippen LogP contribution < -0.4 is 20.5 Å². The van der Waals surface area contributed by atoms with Crippen LogP contribution in [0.15, 0.2) is 18.2 Å². The second-order valence-electron chi connectivity index (χ2n) is 4.95. The number of primary amides is 1. The van der Waals surface area contributed by atoms with E-state index in [0.29, 0.717) is 18.0 Å². The van der Waals surface area contributed by atoms with Crippen LogP contribution in [0.25, 0.3) is 0 Å². The number of carbonyl (C=O) groups is 2. The Hall–Kier alpha value is -2.28. The summed E-state index contributed by atoms with van der Waals surface area (Å²) in [4.78, 5) is 24.2. The number of ether oxygens (including phenoxy) is 2. The number of amides is 3. The standard InChI is InChI=1S/C15H23N3O4/c1-10(14(19)17-15(16)20)18(2)8-7-11-5-6-12(21-3)13(9-11)22-4/h5-6,9-10H,7-8H2,1-4H3,(H3,16,17,19,20)/t10-/m1/s1. The van der Waals surface area contributed by atoms with E-state index in [2.05, 4.69) is 5.32 Å². The first kappa shape index (κ1) is 17.8. The number of imide groups is 1. The average molecular weight is 309 g/mol. The normalized spacial score (nSPS) is 11.9. The molecule has 0 spiro atoms. The molecule has 7 heteroatoms. The molecule has 1 atom stereocenters. The van der Waals surface area contributed by atoms with Crippen LogP contribution in [0.5, 0.6) is 11.5 Å². The zero-order valence-electron chi connectivity index (χ0n) is 13.4. The molecule has 0 saturated carbocycles. The summed E-state index contributed by atoms with van der Waals surface area (Å²) in [7, 11) is 4.99. The predicted octanol–water partition coefficient (Wildman–Crippen LogP) is 0.762. The molecule has 7 nitrogen and oxygen atoms in total. The fourth-order valence-electron chi connectivity index (χ4n) is 1.96. The first-order valence-corrected chi connectivity index (χ1v) is 6.90. The quantitative estimate of drug-likeness (QED) is 0.775. The highest BCUT2D eigenvalue weighted by atomic mass is 16.5. The van der Waals surface area contributed by atoms with E-state index in [1.165, 1.54) is 0 Å². The smallest absolute Gasteiger partial charge is 0.318 e. The lowest BCUT2D eigenvalue weighted by molar-refractivity contribution is -0.124. The lowest BCUT2D eigenvalue weighted by Gasteiger charge is -2.23. The molecule has 1 aromatic rings. The molecule has 0 fully saturated rings. The van der Waals surface area contributed by atoms with Crippen LogP contribution in [0.1, 0.15) is 12.5 Å². The van der Waals surface area contributed by atoms with Crippen LogP contribution in [0.3, 0.4) is 0 Å². The molecule has 0 aliphatic carbocycles. The molecule has 0 bridgehead atoms. The molecule has 3 amide bonds. The fraction of sp³-hybridized carbons (Fsp3) is 0.467. The Morgan fingerprint density at radius 2 is 1.91 bits per heavy atom. The van der Waals surface area contributed by atoms with E-state index in [9.17, 15) is 9.59 Å². The summed E-state index contributed by atoms with van der Waals surface area (Å²) in [5, 5.41) is 2.08. The third-order valence-corrected chi connectivity index (χ3v) is 3.49. The van der Waals surface area contributed by atoms with Crippen LogP contribution in [0, 0.1) is 0 Å². The third-order valence-electron chi connectivity index (χ3n) is 3.49. The van der Waals surface area contributed by atoms with Gasteiger partial charge in [0, 0.05) is 6.54 Å². The van der Waals surface area contributed by atoms with Gasteiger partial charge < -0.3 is 15.2 Å². The lowest BCUT2D eigenvalue weighted by Crippen LogP contribution is -2.47. The van der Waals surface area contributed by atoms with Crippen molar-refractivity contribution in [2.24, 2.45) is 5.73 Å². The molecule has 122 valence electrons. The molecule has 1 aromatic carbocycles. The Labute approximate surface area is 130 Å². The van der Waals surface area contributed by atoms with E-state index in [4.69, 9.17) is 15.2 Å². The Bertz CT molecular complexity index is 534. The van der Waals surface area contributed by atoms with Gasteiger partial charge in [-0.1, -0.05) is 6.07 Å². The zero-order valence-corrected chi connectivity index (χ0v) is 13.4. The second-order valence-corrected chi connectivity index (χ2v) is 4.95. The number of carbonyl (C=O) groups excluding carboxylic acids is 2. The number of rotatable bonds is 7. The highest BCUT2D eigenvalue weighted by molar-refractivity contribution is 5.96. The maximum absolute atomic E-state index is 11.7. The molecule has 0 aliphatic heterocycles. The molecular formula is C15H23N3O4. The second kappa shape index (κ2) is 8.23. The average Bonchev–Trinajstić information content (AvgIpc) is 2.50. The minimum absolute atomic E-state index is 0.415. The van der Waals surface area contributed by atoms with Gasteiger partial charge in [0.2, 0.25) is 5.91 Å². The van der Waals surface area contributed by atoms with Gasteiger partial charge in [-0.3, -0.25) is 15.0 Å². The van der Waals surface area contributed by atoms with Crippen molar-refractivity contribution >= 4 is 11.9 Å². The number of nitrogens with one attached hydrogen (secondary N) is 1. The number of likely N-dealkylation sites (N-methyl/N-ethyl adjacent to an activating group) is 1. The minimum atomic E-state index is -0.842. The SMILES string of the molecule is COc1ccc(CCN(C)[C@H](C)C(=O)NC(N)=O)cc1OC. The van der Waals surface area contributed by atoms with Gasteiger partial charge in [-0.15, -0.1) is 0 Å². The molecule has 0 aromatic heterocycles. The van der Waals surface area contributed by atoms with Crippen molar-refractivity contribution < 1.29 is 19.1 Å². The lowest BCUT2D eigenvalue weighted by atomic mass is 10.1. The highest BCUT2D eigenvalue weighted by Crippen LogP contribution is 2.27. The van der Waals surface area contributed by atoms with Gasteiger partial charge in [0.25, 0.3) is 0 Å². The summed E-state index contributed by atoms with van der Waals surface area (Å²) >= 11 is 0. The molecule has 22 heavy (non-hydrogen) atoms. The van der Waals surface area contributed by atoms with Crippen molar-refractivity contribution in [3.05, 3.63) is 23.8 Å². The summed E-state index contributed by atoms with van der Waals surface area (Å²) in [6.07, 6.45) is 0.727. The van der Waals surface area contributed by atoms with E-state index in [0.717, 1.165) is 12.0 Å². The molecule has 3 N–H and O–H groups in total. The summed E-state index contributed by atoms with van der Waals surface area (Å²) < 4.78 is 10.5. The van der Waals surface area contributed by atoms with Crippen LogP contribution in [0.4, 0.5) is 4.79 Å². The first-order valence-electron chi connectivity index (χ1n) is 6.90. The van der Waals surface area contributed by atoms with Gasteiger partial charge in [0.05, 0.1) is 20.3 Å². The van der Waals surface area contributed by atoms with E-state index in [1.54, 1.807) is 21.1 Å². The summed E-state index contributed by atoms with van der Waals surface area (Å²) in [5.41, 5.74) is 6.00. The Morgan fingerprint density at radius 1 is 1.27 bits per heavy atom. The van der Waals surface area contributed by atoms with Crippen molar-refractivity contribution in [2.45, 2.75) is 19.4 Å². The Morgan fingerprint density at radius 3 is 2.45 bits per heavy atom. The van der Waals surface area contributed by atoms with Gasteiger partial charge in [0.1, 0.15) is 0 Å². The number of benzene rings is 1. The van der Waals surface area contributed by atoms with E-state index < -0.39 is 18.0 Å². The summed E-state index contributed by atoms with van der Waals surface area (Å²) in [6, 6.07) is 4.40. The Kier molecular flexibility index (Phi) is 6.65. The van der Waals surface area contributed by atoms with Crippen LogP contribution in [-0.4, -0.2) is 50.7 Å². The molecule has 0 heterocycles. The third kappa shape index (κ3) is 4.92. The number of methoxy groups -OCH3 is 2. The van der Waals surface area contributed by atoms with Crippen molar-refractivity contribution in [1.29, 1.82) is 0 Å². The maximum atomic E-state index is 11.7. The topological polar surface area (TPSA) is 93.9 Å². The Balaban J connectivity index is 2.61. The monoisotopic (exact) mass is 309 g/mol. The van der Waals surface area contributed by atoms with Crippen molar-refractivity contribution in [3.63, 3.8) is 0 Å². The molecular weight excluding hydrogens is 286 g/mol. The van der Waals surface area contributed by atoms with Crippen LogP contribution in [0.2, 0.25) is 0 Å². The van der Waals surface area contributed by atoms with Gasteiger partial charge in [0.15, 0.2) is 11.5 Å². The zero-order chi connectivity index (χ0) is 16.7. The number of hydrogen-bond donors (Lipinski definition) is 2. The van der Waals surface area contributed by atoms with Gasteiger partial charge in [-0.05, 0) is 38.1 Å². The highest BCUT2D eigenvalue weighted by Gasteiger charge is 2.19. The molecule has 0 unspecified atom stereocenters. The summed E-state index contributed by atoms with van der Waals surface area (Å²) in [6.45, 7) is 2.36. The van der Waals surface area contributed by atoms with Gasteiger partial charge in [-0.2, -0.15) is 0 Å². The van der Waals surface area contributed by atoms with E-state index in [-0.39, 0.29) is 0 Å². The van der Waals surface area contributed by atoms with Crippen LogP contribution >= 0.6 is 0 Å². The summed E-state index contributed by atoms with van der Waals surface area (Å²) in [5.74, 6) is 0.929. The largest absolute Gasteiger partial charge is 0.493 e. The van der Waals surface area contributed by atoms with Crippen molar-refractivity contribution in [1.82, 2.24) is 10.2 Å². The maximum Gasteiger partial charge on any atom is 0.318 e. The van der Waals surface area contributed by atoms with E-state index in [1.807, 2.05) is 30.1 Å². The minimum Gasteiger partial charge on any atom is -0.493 e. The van der Waals surface area contributed by atoms with Crippen molar-refractivity contribution in [3.8, 4) is 11.5 Å². The number of hydrogen-bond acceptors (Lipinski definition) is 5. The van der Waals surface area contributed by atoms with Crippen molar-refractivity contribution in [2.75, 3.05) is 27.8 Å². The molecule has 0 aliphatic rings. The molecule has 1 rings (SSSR count). The number of nitrogens with zero attached hydrogens (tertiary/aromatic N) is 1. The first-order chi connectivity index (χ1) is 10.4. The number of urea groups is 1. The van der Waals surface area contributed by atoms with Gasteiger partial charge in [-0.25, -0.2) is 4.79 Å².